The zero-order chi connectivity index (χ0) is 26.8. The van der Waals surface area contributed by atoms with Crippen LogP contribution in [0.2, 0.25) is 0 Å². The van der Waals surface area contributed by atoms with E-state index in [0.29, 0.717) is 22.2 Å². The molecule has 0 bridgehead atoms. The average Bonchev–Trinajstić information content (AvgIpc) is 3.03. The van der Waals surface area contributed by atoms with Crippen molar-refractivity contribution in [3.05, 3.63) is 29.6 Å². The molecule has 2 aliphatic rings. The van der Waals surface area contributed by atoms with Gasteiger partial charge in [-0.2, -0.15) is 8.42 Å². The Balaban J connectivity index is 1.92. The van der Waals surface area contributed by atoms with Crippen molar-refractivity contribution >= 4 is 39.4 Å². The second kappa shape index (κ2) is 10.7. The third kappa shape index (κ3) is 6.07. The van der Waals surface area contributed by atoms with Gasteiger partial charge >= 0.3 is 22.3 Å². The van der Waals surface area contributed by atoms with Crippen molar-refractivity contribution in [1.29, 1.82) is 0 Å². The third-order valence-corrected chi connectivity index (χ3v) is 7.23. The number of amides is 2. The second-order valence-corrected chi connectivity index (χ2v) is 10.7. The van der Waals surface area contributed by atoms with Crippen LogP contribution in [0.25, 0.3) is 5.57 Å². The number of anilines is 1. The van der Waals surface area contributed by atoms with Crippen molar-refractivity contribution in [1.82, 2.24) is 9.62 Å². The van der Waals surface area contributed by atoms with Crippen molar-refractivity contribution in [2.24, 2.45) is 5.92 Å². The first-order valence-electron chi connectivity index (χ1n) is 11.5. The number of hydrogen-bond acceptors (Lipinski definition) is 8. The molecule has 0 radical (unpaired) electrons. The molecule has 13 heteroatoms. The molecule has 2 unspecified atom stereocenters. The van der Waals surface area contributed by atoms with Crippen molar-refractivity contribution in [3.63, 3.8) is 0 Å². The van der Waals surface area contributed by atoms with Crippen molar-refractivity contribution in [2.75, 3.05) is 17.4 Å². The highest BCUT2D eigenvalue weighted by atomic mass is 32.2. The molecular weight excluding hydrogens is 497 g/mol. The van der Waals surface area contributed by atoms with Crippen LogP contribution in [-0.4, -0.2) is 61.8 Å². The van der Waals surface area contributed by atoms with Gasteiger partial charge in [-0.3, -0.25) is 9.59 Å². The lowest BCUT2D eigenvalue weighted by Crippen LogP contribution is -2.44. The summed E-state index contributed by atoms with van der Waals surface area (Å²) in [5.74, 6) is -2.73. The Labute approximate surface area is 209 Å². The lowest BCUT2D eigenvalue weighted by molar-refractivity contribution is -0.163. The number of halogens is 1. The minimum absolute atomic E-state index is 0.0493. The second-order valence-electron chi connectivity index (χ2n) is 9.10. The van der Waals surface area contributed by atoms with Crippen molar-refractivity contribution in [3.8, 4) is 5.75 Å². The van der Waals surface area contributed by atoms with Gasteiger partial charge in [-0.1, -0.05) is 19.9 Å². The molecule has 0 spiro atoms. The van der Waals surface area contributed by atoms with Crippen LogP contribution in [0.5, 0.6) is 5.75 Å². The van der Waals surface area contributed by atoms with E-state index in [1.165, 1.54) is 24.8 Å². The number of ether oxygens (including phenoxy) is 2. The minimum atomic E-state index is -4.34. The number of phenols is 1. The summed E-state index contributed by atoms with van der Waals surface area (Å²) in [5, 5.41) is 10.2. The highest BCUT2D eigenvalue weighted by Gasteiger charge is 2.39. The average molecular weight is 528 g/mol. The van der Waals surface area contributed by atoms with Gasteiger partial charge in [-0.05, 0) is 42.9 Å². The molecule has 1 saturated heterocycles. The van der Waals surface area contributed by atoms with Gasteiger partial charge in [0.1, 0.15) is 18.0 Å². The summed E-state index contributed by atoms with van der Waals surface area (Å²) in [7, 11) is -4.34. The number of rotatable bonds is 7. The molecule has 1 aromatic rings. The molecule has 1 aromatic carbocycles. The van der Waals surface area contributed by atoms with E-state index in [1.807, 2.05) is 13.8 Å². The number of hydrogen-bond donors (Lipinski definition) is 2. The highest BCUT2D eigenvalue weighted by Crippen LogP contribution is 2.39. The highest BCUT2D eigenvalue weighted by molar-refractivity contribution is 7.92. The Morgan fingerprint density at radius 2 is 1.94 bits per heavy atom. The lowest BCUT2D eigenvalue weighted by Gasteiger charge is -2.36. The first-order valence-corrected chi connectivity index (χ1v) is 12.9. The number of carbonyl (C=O) groups excluding carboxylic acids is 3. The van der Waals surface area contributed by atoms with Gasteiger partial charge in [-0.15, -0.1) is 0 Å². The molecule has 2 N–H and O–H groups in total. The number of nitrogens with one attached hydrogen (secondary N) is 1. The van der Waals surface area contributed by atoms with Crippen LogP contribution in [-0.2, 0) is 29.3 Å². The number of aromatic hydroxyl groups is 1. The van der Waals surface area contributed by atoms with Crippen LogP contribution in [0, 0.1) is 11.7 Å². The number of esters is 1. The fraction of sp³-hybridized carbons (Fsp3) is 0.522. The predicted octanol–water partition coefficient (Wildman–Crippen LogP) is 2.65. The van der Waals surface area contributed by atoms with Crippen LogP contribution < -0.4 is 9.03 Å². The molecule has 11 nitrogen and oxygen atoms in total. The molecule has 36 heavy (non-hydrogen) atoms. The molecule has 2 heterocycles. The molecule has 2 atom stereocenters. The van der Waals surface area contributed by atoms with E-state index in [9.17, 15) is 27.9 Å². The van der Waals surface area contributed by atoms with E-state index in [1.54, 1.807) is 10.8 Å². The zero-order valence-corrected chi connectivity index (χ0v) is 21.3. The van der Waals surface area contributed by atoms with Crippen LogP contribution in [0.15, 0.2) is 18.2 Å². The molecule has 2 amide bonds. The Kier molecular flexibility index (Phi) is 8.12. The number of benzene rings is 1. The van der Waals surface area contributed by atoms with Crippen LogP contribution in [0.1, 0.15) is 52.5 Å². The van der Waals surface area contributed by atoms with Gasteiger partial charge in [-0.25, -0.2) is 18.2 Å². The minimum Gasteiger partial charge on any atom is -0.506 e. The Hall–Kier alpha value is -3.35. The first-order chi connectivity index (χ1) is 16.8. The van der Waals surface area contributed by atoms with E-state index in [-0.39, 0.29) is 24.6 Å². The Morgan fingerprint density at radius 3 is 2.53 bits per heavy atom. The molecular formula is C23H30FN3O8S. The van der Waals surface area contributed by atoms with Crippen LogP contribution in [0.3, 0.4) is 0 Å². The number of nitrogens with zero attached hydrogens (tertiary/aromatic N) is 2. The summed E-state index contributed by atoms with van der Waals surface area (Å²) in [5.41, 5.74) is -0.0637. The summed E-state index contributed by atoms with van der Waals surface area (Å²) in [6.07, 6.45) is 1.43. The smallest absolute Gasteiger partial charge is 0.413 e. The van der Waals surface area contributed by atoms with Crippen molar-refractivity contribution in [2.45, 2.75) is 59.3 Å². The maximum atomic E-state index is 15.6. The van der Waals surface area contributed by atoms with Crippen LogP contribution >= 0.6 is 0 Å². The molecule has 0 saturated carbocycles. The molecule has 198 valence electrons. The van der Waals surface area contributed by atoms with Crippen LogP contribution in [0.4, 0.5) is 14.9 Å². The van der Waals surface area contributed by atoms with Gasteiger partial charge < -0.3 is 19.5 Å². The normalized spacial score (nSPS) is 20.1. The standard InChI is InChI=1S/C23H30FN3O8S/c1-13(2)5-6-17-11-16(9-10-26(17)23(31)35-15(4)34-14(3)28)18-7-8-19(29)22(21(18)24)27-12-20(30)25-36(27,32)33/h7-9,13,15,17,29H,5-6,10-12H2,1-4H3,(H,25,30). The first kappa shape index (κ1) is 27.2. The van der Waals surface area contributed by atoms with E-state index in [0.717, 1.165) is 12.5 Å². The summed E-state index contributed by atoms with van der Waals surface area (Å²) in [6, 6.07) is 2.12. The number of phenolic OH excluding ortho intramolecular Hbond substituents is 1. The molecule has 3 rings (SSSR count). The zero-order valence-electron chi connectivity index (χ0n) is 20.5. The van der Waals surface area contributed by atoms with Gasteiger partial charge in [0.15, 0.2) is 5.82 Å². The molecule has 0 aromatic heterocycles. The maximum absolute atomic E-state index is 15.6. The SMILES string of the molecule is CC(=O)OC(C)OC(=O)N1CC=C(c2ccc(O)c(N3CC(=O)NS3(=O)=O)c2F)CC1CCC(C)C. The fourth-order valence-corrected chi connectivity index (χ4v) is 5.35. The topological polar surface area (TPSA) is 143 Å². The quantitative estimate of drug-likeness (QED) is 0.407. The van der Waals surface area contributed by atoms with E-state index in [2.05, 4.69) is 0 Å². The summed E-state index contributed by atoms with van der Waals surface area (Å²) in [6.45, 7) is 6.10. The fourth-order valence-electron chi connectivity index (χ4n) is 4.19. The lowest BCUT2D eigenvalue weighted by atomic mass is 9.89. The maximum Gasteiger partial charge on any atom is 0.413 e. The Bertz CT molecular complexity index is 1180. The third-order valence-electron chi connectivity index (χ3n) is 5.85. The van der Waals surface area contributed by atoms with E-state index in [4.69, 9.17) is 9.47 Å². The van der Waals surface area contributed by atoms with Gasteiger partial charge in [0.25, 0.3) is 5.91 Å². The molecule has 2 aliphatic heterocycles. The van der Waals surface area contributed by atoms with Crippen molar-refractivity contribution < 1.29 is 41.8 Å². The summed E-state index contributed by atoms with van der Waals surface area (Å²) in [4.78, 5) is 37.0. The molecule has 1 fully saturated rings. The summed E-state index contributed by atoms with van der Waals surface area (Å²) >= 11 is 0. The van der Waals surface area contributed by atoms with E-state index >= 15 is 4.39 Å². The Morgan fingerprint density at radius 1 is 1.25 bits per heavy atom. The van der Waals surface area contributed by atoms with Gasteiger partial charge in [0.05, 0.1) is 0 Å². The number of carbonyl (C=O) groups is 3. The molecule has 0 aliphatic carbocycles. The van der Waals surface area contributed by atoms with E-state index < -0.39 is 58.3 Å². The predicted molar refractivity (Wildman–Crippen MR) is 127 cm³/mol. The largest absolute Gasteiger partial charge is 0.506 e. The monoisotopic (exact) mass is 527 g/mol. The van der Waals surface area contributed by atoms with Gasteiger partial charge in [0.2, 0.25) is 6.29 Å². The van der Waals surface area contributed by atoms with Gasteiger partial charge in [0, 0.05) is 32.0 Å². The summed E-state index contributed by atoms with van der Waals surface area (Å²) < 4.78 is 52.5.